The van der Waals surface area contributed by atoms with Crippen LogP contribution in [0.3, 0.4) is 0 Å². The minimum absolute atomic E-state index is 0.281. The Morgan fingerprint density at radius 3 is 2.64 bits per heavy atom. The average Bonchev–Trinajstić information content (AvgIpc) is 1.99. The van der Waals surface area contributed by atoms with Crippen molar-refractivity contribution in [2.24, 2.45) is 0 Å². The Kier molecular flexibility index (Phi) is 4.09. The lowest BCUT2D eigenvalue weighted by Crippen LogP contribution is -2.36. The molecule has 4 heteroatoms. The van der Waals surface area contributed by atoms with Crippen molar-refractivity contribution >= 4 is 6.09 Å². The maximum atomic E-state index is 11.3. The van der Waals surface area contributed by atoms with E-state index in [4.69, 9.17) is 7.48 Å². The number of hydrogen-bond acceptors (Lipinski definition) is 3. The third-order valence-corrected chi connectivity index (χ3v) is 1.30. The molecule has 0 heterocycles. The van der Waals surface area contributed by atoms with Gasteiger partial charge in [-0.2, -0.15) is 0 Å². The molecule has 0 aromatic heterocycles. The summed E-state index contributed by atoms with van der Waals surface area (Å²) in [5, 5.41) is 11.5. The summed E-state index contributed by atoms with van der Waals surface area (Å²) in [7, 11) is 0. The molecule has 0 spiro atoms. The molecule has 0 aliphatic carbocycles. The Labute approximate surface area is 88.5 Å². The third kappa shape index (κ3) is 7.86. The molecule has 0 bridgehead atoms. The molecular weight excluding hydrogens is 182 g/mol. The fraction of sp³-hybridized carbons (Fsp3) is 0.900. The normalized spacial score (nSPS) is 16.6. The van der Waals surface area contributed by atoms with Crippen molar-refractivity contribution in [1.82, 2.24) is 5.32 Å². The molecule has 0 rings (SSSR count). The number of amides is 1. The molecule has 1 amide bonds. The second-order valence-corrected chi connectivity index (χ2v) is 4.08. The summed E-state index contributed by atoms with van der Waals surface area (Å²) in [6.45, 7) is 4.71. The molecule has 4 nitrogen and oxygen atoms in total. The number of carbonyl (C=O) groups excluding carboxylic acids is 1. The summed E-state index contributed by atoms with van der Waals surface area (Å²) < 4.78 is 19.9. The highest BCUT2D eigenvalue weighted by molar-refractivity contribution is 5.67. The minimum atomic E-state index is -2.17. The highest BCUT2D eigenvalue weighted by Crippen LogP contribution is 2.06. The van der Waals surface area contributed by atoms with Gasteiger partial charge in [-0.15, -0.1) is 0 Å². The number of ether oxygens (including phenoxy) is 1. The predicted molar refractivity (Wildman–Crippen MR) is 55.2 cm³/mol. The first-order valence-electron chi connectivity index (χ1n) is 5.77. The van der Waals surface area contributed by atoms with Gasteiger partial charge in [0.2, 0.25) is 0 Å². The molecule has 0 aliphatic heterocycles. The molecule has 84 valence electrons. The molecule has 0 saturated heterocycles. The van der Waals surface area contributed by atoms with Gasteiger partial charge in [0, 0.05) is 6.50 Å². The van der Waals surface area contributed by atoms with Gasteiger partial charge in [0.15, 0.2) is 0 Å². The van der Waals surface area contributed by atoms with Crippen molar-refractivity contribution in [2.75, 3.05) is 6.50 Å². The number of hydrogen-bond donors (Lipinski definition) is 2. The standard InChI is InChI=1S/C10H21NO3/c1-5-6-8(12)7-11-9(13)14-10(2,3)4/h8,12H,5-7H2,1-4H3,(H,11,13)/i7D2. The van der Waals surface area contributed by atoms with E-state index in [0.29, 0.717) is 6.42 Å². The zero-order valence-corrected chi connectivity index (χ0v) is 9.26. The highest BCUT2D eigenvalue weighted by atomic mass is 16.6. The van der Waals surface area contributed by atoms with Gasteiger partial charge in [0.25, 0.3) is 0 Å². The van der Waals surface area contributed by atoms with Gasteiger partial charge in [-0.25, -0.2) is 4.79 Å². The molecule has 0 radical (unpaired) electrons. The minimum Gasteiger partial charge on any atom is -0.444 e. The van der Waals surface area contributed by atoms with Crippen LogP contribution >= 0.6 is 0 Å². The smallest absolute Gasteiger partial charge is 0.407 e. The van der Waals surface area contributed by atoms with Gasteiger partial charge in [0.05, 0.1) is 8.85 Å². The summed E-state index contributed by atoms with van der Waals surface area (Å²) in [6, 6.07) is 0. The summed E-state index contributed by atoms with van der Waals surface area (Å²) >= 11 is 0. The summed E-state index contributed by atoms with van der Waals surface area (Å²) in [5.74, 6) is 0. The second kappa shape index (κ2) is 5.86. The first kappa shape index (κ1) is 9.77. The van der Waals surface area contributed by atoms with Gasteiger partial charge in [-0.05, 0) is 27.2 Å². The first-order chi connectivity index (χ1) is 7.08. The van der Waals surface area contributed by atoms with Crippen LogP contribution in [0.15, 0.2) is 0 Å². The van der Waals surface area contributed by atoms with Gasteiger partial charge in [-0.3, -0.25) is 0 Å². The number of alkyl carbamates (subject to hydrolysis) is 1. The van der Waals surface area contributed by atoms with E-state index in [1.165, 1.54) is 0 Å². The Hall–Kier alpha value is -0.770. The van der Waals surface area contributed by atoms with Crippen LogP contribution in [0.1, 0.15) is 43.3 Å². The van der Waals surface area contributed by atoms with E-state index < -0.39 is 24.3 Å². The topological polar surface area (TPSA) is 58.6 Å². The van der Waals surface area contributed by atoms with Crippen LogP contribution in [0.2, 0.25) is 0 Å². The van der Waals surface area contributed by atoms with Crippen molar-refractivity contribution in [3.8, 4) is 0 Å². The van der Waals surface area contributed by atoms with Gasteiger partial charge in [0.1, 0.15) is 5.60 Å². The maximum Gasteiger partial charge on any atom is 0.407 e. The number of aliphatic hydroxyl groups is 1. The van der Waals surface area contributed by atoms with Crippen molar-refractivity contribution < 1.29 is 17.4 Å². The zero-order chi connectivity index (χ0) is 13.0. The van der Waals surface area contributed by atoms with E-state index in [2.05, 4.69) is 0 Å². The van der Waals surface area contributed by atoms with Crippen LogP contribution < -0.4 is 5.32 Å². The number of rotatable bonds is 4. The number of nitrogens with one attached hydrogen (secondary N) is 1. The fourth-order valence-corrected chi connectivity index (χ4v) is 0.791. The molecule has 0 saturated carbocycles. The third-order valence-electron chi connectivity index (χ3n) is 1.30. The van der Waals surface area contributed by atoms with Crippen molar-refractivity contribution in [2.45, 2.75) is 52.2 Å². The second-order valence-electron chi connectivity index (χ2n) is 4.08. The molecule has 0 aromatic rings. The molecule has 0 fully saturated rings. The Morgan fingerprint density at radius 2 is 2.21 bits per heavy atom. The predicted octanol–water partition coefficient (Wildman–Crippen LogP) is 1.67. The van der Waals surface area contributed by atoms with E-state index in [0.717, 1.165) is 0 Å². The van der Waals surface area contributed by atoms with Crippen LogP contribution in [-0.2, 0) is 4.74 Å². The molecule has 0 aliphatic rings. The van der Waals surface area contributed by atoms with Gasteiger partial charge < -0.3 is 15.2 Å². The summed E-state index contributed by atoms with van der Waals surface area (Å²) in [5.41, 5.74) is -0.685. The highest BCUT2D eigenvalue weighted by Gasteiger charge is 2.16. The number of aliphatic hydroxyl groups excluding tert-OH is 1. The maximum absolute atomic E-state index is 11.3. The lowest BCUT2D eigenvalue weighted by atomic mass is 10.2. The summed E-state index contributed by atoms with van der Waals surface area (Å²) in [6.07, 6.45) is -1.18. The SMILES string of the molecule is [2H]C([2H])(NC(=O)OC(C)(C)C)C(O)CCC. The average molecular weight is 205 g/mol. The Balaban J connectivity index is 4.30. The van der Waals surface area contributed by atoms with E-state index in [-0.39, 0.29) is 6.42 Å². The number of carbonyl (C=O) groups is 1. The zero-order valence-electron chi connectivity index (χ0n) is 11.3. The fourth-order valence-electron chi connectivity index (χ4n) is 0.791. The quantitative estimate of drug-likeness (QED) is 0.734. The monoisotopic (exact) mass is 205 g/mol. The molecular formula is C10H21NO3. The van der Waals surface area contributed by atoms with Crippen LogP contribution in [-0.4, -0.2) is 29.4 Å². The van der Waals surface area contributed by atoms with Crippen LogP contribution in [0.4, 0.5) is 4.79 Å². The molecule has 1 unspecified atom stereocenters. The molecule has 0 aromatic carbocycles. The van der Waals surface area contributed by atoms with E-state index in [1.807, 2.05) is 12.2 Å². The first-order valence-corrected chi connectivity index (χ1v) is 4.77. The van der Waals surface area contributed by atoms with E-state index in [1.54, 1.807) is 20.8 Å². The Morgan fingerprint density at radius 1 is 1.64 bits per heavy atom. The summed E-state index contributed by atoms with van der Waals surface area (Å²) in [4.78, 5) is 11.3. The lowest BCUT2D eigenvalue weighted by molar-refractivity contribution is 0.0488. The molecule has 14 heavy (non-hydrogen) atoms. The van der Waals surface area contributed by atoms with E-state index in [9.17, 15) is 9.90 Å². The van der Waals surface area contributed by atoms with Gasteiger partial charge >= 0.3 is 6.09 Å². The Bertz CT molecular complexity index is 239. The van der Waals surface area contributed by atoms with Crippen molar-refractivity contribution in [3.63, 3.8) is 0 Å². The van der Waals surface area contributed by atoms with Crippen LogP contribution in [0.25, 0.3) is 0 Å². The lowest BCUT2D eigenvalue weighted by Gasteiger charge is -2.20. The van der Waals surface area contributed by atoms with Gasteiger partial charge in [-0.1, -0.05) is 13.3 Å². The van der Waals surface area contributed by atoms with Crippen LogP contribution in [0.5, 0.6) is 0 Å². The largest absolute Gasteiger partial charge is 0.444 e. The van der Waals surface area contributed by atoms with Crippen molar-refractivity contribution in [1.29, 1.82) is 0 Å². The van der Waals surface area contributed by atoms with E-state index >= 15 is 0 Å². The molecule has 1 atom stereocenters. The van der Waals surface area contributed by atoms with Crippen molar-refractivity contribution in [3.05, 3.63) is 0 Å². The molecule has 2 N–H and O–H groups in total. The van der Waals surface area contributed by atoms with Crippen LogP contribution in [0, 0.1) is 0 Å².